The molecule has 0 bridgehead atoms. The maximum atomic E-state index is 12.4. The van der Waals surface area contributed by atoms with E-state index in [1.165, 1.54) is 0 Å². The topological polar surface area (TPSA) is 100 Å². The number of rotatable bonds is 6. The Hall–Kier alpha value is -3.22. The molecule has 1 aromatic heterocycles. The van der Waals surface area contributed by atoms with Crippen molar-refractivity contribution < 1.29 is 14.4 Å². The zero-order valence-corrected chi connectivity index (χ0v) is 13.5. The predicted molar refractivity (Wildman–Crippen MR) is 90.1 cm³/mol. The van der Waals surface area contributed by atoms with Crippen molar-refractivity contribution in [3.05, 3.63) is 66.0 Å². The van der Waals surface area contributed by atoms with E-state index in [0.717, 1.165) is 5.56 Å². The highest BCUT2D eigenvalue weighted by molar-refractivity contribution is 6.07. The van der Waals surface area contributed by atoms with Crippen LogP contribution in [0, 0.1) is 0 Å². The van der Waals surface area contributed by atoms with Crippen LogP contribution >= 0.6 is 0 Å². The second kappa shape index (κ2) is 7.12. The van der Waals surface area contributed by atoms with Crippen molar-refractivity contribution in [1.82, 2.24) is 20.9 Å². The molecule has 1 aliphatic heterocycles. The standard InChI is InChI=1S/C18H18N4O3/c23-15(20-12-13-7-10-19-11-8-13)6-9-18(14-4-2-1-3-5-14)16(24)21-17(25)22-18/h1-5,7-8,10-11H,6,9,12H2,(H,20,23)(H2,21,22,24,25). The fraction of sp³-hybridized carbons (Fsp3) is 0.222. The number of hydrogen-bond acceptors (Lipinski definition) is 4. The van der Waals surface area contributed by atoms with E-state index in [-0.39, 0.29) is 18.7 Å². The summed E-state index contributed by atoms with van der Waals surface area (Å²) in [6.45, 7) is 0.387. The largest absolute Gasteiger partial charge is 0.352 e. The number of nitrogens with zero attached hydrogens (tertiary/aromatic N) is 1. The Bertz CT molecular complexity index is 779. The van der Waals surface area contributed by atoms with Crippen molar-refractivity contribution in [3.8, 4) is 0 Å². The van der Waals surface area contributed by atoms with Crippen LogP contribution in [-0.4, -0.2) is 22.8 Å². The van der Waals surface area contributed by atoms with Gasteiger partial charge in [0, 0.05) is 25.4 Å². The molecule has 1 atom stereocenters. The van der Waals surface area contributed by atoms with Gasteiger partial charge in [-0.15, -0.1) is 0 Å². The number of aromatic nitrogens is 1. The van der Waals surface area contributed by atoms with E-state index >= 15 is 0 Å². The molecule has 7 nitrogen and oxygen atoms in total. The molecule has 1 aliphatic rings. The quantitative estimate of drug-likeness (QED) is 0.689. The Kier molecular flexibility index (Phi) is 4.74. The lowest BCUT2D eigenvalue weighted by Gasteiger charge is -2.26. The summed E-state index contributed by atoms with van der Waals surface area (Å²) >= 11 is 0. The molecule has 1 saturated heterocycles. The zero-order chi connectivity index (χ0) is 17.7. The van der Waals surface area contributed by atoms with Crippen LogP contribution in [0.1, 0.15) is 24.0 Å². The van der Waals surface area contributed by atoms with Crippen LogP contribution in [0.4, 0.5) is 4.79 Å². The van der Waals surface area contributed by atoms with Crippen LogP contribution in [0.15, 0.2) is 54.9 Å². The molecule has 0 saturated carbocycles. The van der Waals surface area contributed by atoms with E-state index in [1.807, 2.05) is 18.2 Å². The summed E-state index contributed by atoms with van der Waals surface area (Å²) in [5.74, 6) is -0.633. The SMILES string of the molecule is O=C(CCC1(c2ccccc2)NC(=O)NC1=O)NCc1ccncc1. The lowest BCUT2D eigenvalue weighted by molar-refractivity contribution is -0.125. The molecule has 7 heteroatoms. The fourth-order valence-electron chi connectivity index (χ4n) is 2.83. The van der Waals surface area contributed by atoms with Gasteiger partial charge in [-0.25, -0.2) is 4.79 Å². The lowest BCUT2D eigenvalue weighted by atomic mass is 9.85. The van der Waals surface area contributed by atoms with Gasteiger partial charge in [-0.2, -0.15) is 0 Å². The van der Waals surface area contributed by atoms with Crippen molar-refractivity contribution >= 4 is 17.8 Å². The van der Waals surface area contributed by atoms with Gasteiger partial charge in [-0.05, 0) is 29.7 Å². The third-order valence-electron chi connectivity index (χ3n) is 4.17. The summed E-state index contributed by atoms with van der Waals surface area (Å²) in [5.41, 5.74) is 0.375. The number of amides is 4. The first kappa shape index (κ1) is 16.6. The van der Waals surface area contributed by atoms with Crippen LogP contribution < -0.4 is 16.0 Å². The molecular weight excluding hydrogens is 320 g/mol. The average molecular weight is 338 g/mol. The molecule has 25 heavy (non-hydrogen) atoms. The van der Waals surface area contributed by atoms with Crippen molar-refractivity contribution in [3.63, 3.8) is 0 Å². The summed E-state index contributed by atoms with van der Waals surface area (Å²) in [6, 6.07) is 12.0. The van der Waals surface area contributed by atoms with Crippen LogP contribution in [0.2, 0.25) is 0 Å². The Morgan fingerprint density at radius 1 is 1.08 bits per heavy atom. The molecule has 3 rings (SSSR count). The number of nitrogens with one attached hydrogen (secondary N) is 3. The first-order valence-electron chi connectivity index (χ1n) is 7.95. The first-order valence-corrected chi connectivity index (χ1v) is 7.95. The maximum absolute atomic E-state index is 12.4. The molecule has 128 valence electrons. The number of urea groups is 1. The van der Waals surface area contributed by atoms with Crippen LogP contribution in [0.5, 0.6) is 0 Å². The predicted octanol–water partition coefficient (Wildman–Crippen LogP) is 1.21. The Morgan fingerprint density at radius 3 is 2.44 bits per heavy atom. The lowest BCUT2D eigenvalue weighted by Crippen LogP contribution is -2.44. The first-order chi connectivity index (χ1) is 12.1. The highest BCUT2D eigenvalue weighted by atomic mass is 16.2. The molecule has 2 heterocycles. The molecule has 0 spiro atoms. The van der Waals surface area contributed by atoms with Crippen LogP contribution in [0.3, 0.4) is 0 Å². The average Bonchev–Trinajstić information content (AvgIpc) is 2.94. The number of imide groups is 1. The van der Waals surface area contributed by atoms with Gasteiger partial charge >= 0.3 is 6.03 Å². The Morgan fingerprint density at radius 2 is 1.80 bits per heavy atom. The van der Waals surface area contributed by atoms with Gasteiger partial charge in [0.25, 0.3) is 5.91 Å². The molecule has 0 radical (unpaired) electrons. The third-order valence-corrected chi connectivity index (χ3v) is 4.17. The summed E-state index contributed by atoms with van der Waals surface area (Å²) < 4.78 is 0. The number of carbonyl (C=O) groups excluding carboxylic acids is 3. The van der Waals surface area contributed by atoms with E-state index in [0.29, 0.717) is 12.1 Å². The number of benzene rings is 1. The summed E-state index contributed by atoms with van der Waals surface area (Å²) in [5, 5.41) is 7.74. The smallest absolute Gasteiger partial charge is 0.322 e. The van der Waals surface area contributed by atoms with E-state index < -0.39 is 17.5 Å². The number of pyridine rings is 1. The van der Waals surface area contributed by atoms with Crippen molar-refractivity contribution in [2.75, 3.05) is 0 Å². The molecule has 1 aromatic carbocycles. The van der Waals surface area contributed by atoms with Gasteiger partial charge in [-0.1, -0.05) is 30.3 Å². The summed E-state index contributed by atoms with van der Waals surface area (Å²) in [7, 11) is 0. The fourth-order valence-corrected chi connectivity index (χ4v) is 2.83. The van der Waals surface area contributed by atoms with E-state index in [4.69, 9.17) is 0 Å². The van der Waals surface area contributed by atoms with Crippen molar-refractivity contribution in [2.24, 2.45) is 0 Å². The molecular formula is C18H18N4O3. The minimum absolute atomic E-state index is 0.105. The minimum Gasteiger partial charge on any atom is -0.352 e. The van der Waals surface area contributed by atoms with E-state index in [9.17, 15) is 14.4 Å². The van der Waals surface area contributed by atoms with Gasteiger partial charge in [0.2, 0.25) is 5.91 Å². The normalized spacial score (nSPS) is 19.2. The van der Waals surface area contributed by atoms with Gasteiger partial charge in [0.1, 0.15) is 5.54 Å². The Labute approximate surface area is 144 Å². The third kappa shape index (κ3) is 3.65. The van der Waals surface area contributed by atoms with Crippen LogP contribution in [0.25, 0.3) is 0 Å². The maximum Gasteiger partial charge on any atom is 0.322 e. The molecule has 2 aromatic rings. The van der Waals surface area contributed by atoms with Gasteiger partial charge in [-0.3, -0.25) is 19.9 Å². The van der Waals surface area contributed by atoms with Crippen LogP contribution in [-0.2, 0) is 21.7 Å². The summed E-state index contributed by atoms with van der Waals surface area (Å²) in [4.78, 5) is 40.1. The molecule has 0 aliphatic carbocycles. The zero-order valence-electron chi connectivity index (χ0n) is 13.5. The second-order valence-corrected chi connectivity index (χ2v) is 5.81. The molecule has 3 N–H and O–H groups in total. The minimum atomic E-state index is -1.22. The highest BCUT2D eigenvalue weighted by Crippen LogP contribution is 2.29. The second-order valence-electron chi connectivity index (χ2n) is 5.81. The Balaban J connectivity index is 1.66. The van der Waals surface area contributed by atoms with E-state index in [2.05, 4.69) is 20.9 Å². The van der Waals surface area contributed by atoms with Crippen molar-refractivity contribution in [2.45, 2.75) is 24.9 Å². The van der Waals surface area contributed by atoms with Gasteiger partial charge in [0.15, 0.2) is 0 Å². The highest BCUT2D eigenvalue weighted by Gasteiger charge is 2.47. The number of hydrogen-bond donors (Lipinski definition) is 3. The van der Waals surface area contributed by atoms with Gasteiger partial charge in [0.05, 0.1) is 0 Å². The molecule has 4 amide bonds. The molecule has 1 fully saturated rings. The number of carbonyl (C=O) groups is 3. The molecule has 1 unspecified atom stereocenters. The van der Waals surface area contributed by atoms with Crippen molar-refractivity contribution in [1.29, 1.82) is 0 Å². The van der Waals surface area contributed by atoms with E-state index in [1.54, 1.807) is 36.7 Å². The monoisotopic (exact) mass is 338 g/mol. The summed E-state index contributed by atoms with van der Waals surface area (Å²) in [6.07, 6.45) is 3.60. The van der Waals surface area contributed by atoms with Gasteiger partial charge < -0.3 is 10.6 Å².